The molecule has 1 amide bonds. The third-order valence-corrected chi connectivity index (χ3v) is 4.73. The number of carbonyl (C=O) groups excluding carboxylic acids is 1. The zero-order chi connectivity index (χ0) is 16.9. The van der Waals surface area contributed by atoms with Crippen molar-refractivity contribution in [2.45, 2.75) is 19.9 Å². The van der Waals surface area contributed by atoms with Gasteiger partial charge < -0.3 is 5.32 Å². The van der Waals surface area contributed by atoms with E-state index in [1.807, 2.05) is 37.3 Å². The predicted molar refractivity (Wildman–Crippen MR) is 91.8 cm³/mol. The average Bonchev–Trinajstić information content (AvgIpc) is 2.55. The van der Waals surface area contributed by atoms with Crippen LogP contribution in [-0.2, 0) is 10.0 Å². The van der Waals surface area contributed by atoms with Crippen LogP contribution in [0, 0.1) is 0 Å². The SMILES string of the molecule is CCS(=O)(=O)Nc1cccc(C(=O)NC(C)c2ccccc2)c1. The molecule has 2 aromatic carbocycles. The lowest BCUT2D eigenvalue weighted by molar-refractivity contribution is 0.0940. The minimum atomic E-state index is -3.36. The van der Waals surface area contributed by atoms with Crippen LogP contribution in [0.1, 0.15) is 35.8 Å². The molecule has 0 heterocycles. The van der Waals surface area contributed by atoms with Gasteiger partial charge in [-0.2, -0.15) is 0 Å². The summed E-state index contributed by atoms with van der Waals surface area (Å²) in [7, 11) is -3.36. The first-order chi connectivity index (χ1) is 10.9. The Bertz CT molecular complexity index is 773. The van der Waals surface area contributed by atoms with Gasteiger partial charge in [-0.25, -0.2) is 8.42 Å². The Morgan fingerprint density at radius 3 is 2.43 bits per heavy atom. The van der Waals surface area contributed by atoms with Crippen molar-refractivity contribution < 1.29 is 13.2 Å². The lowest BCUT2D eigenvalue weighted by atomic mass is 10.1. The Morgan fingerprint density at radius 2 is 1.78 bits per heavy atom. The molecule has 2 rings (SSSR count). The number of anilines is 1. The second kappa shape index (κ2) is 7.28. The number of nitrogens with one attached hydrogen (secondary N) is 2. The molecule has 0 aliphatic rings. The minimum Gasteiger partial charge on any atom is -0.346 e. The fraction of sp³-hybridized carbons (Fsp3) is 0.235. The van der Waals surface area contributed by atoms with E-state index >= 15 is 0 Å². The molecule has 1 unspecified atom stereocenters. The largest absolute Gasteiger partial charge is 0.346 e. The maximum Gasteiger partial charge on any atom is 0.251 e. The van der Waals surface area contributed by atoms with Gasteiger partial charge in [-0.3, -0.25) is 9.52 Å². The highest BCUT2D eigenvalue weighted by Crippen LogP contribution is 2.15. The quantitative estimate of drug-likeness (QED) is 0.854. The van der Waals surface area contributed by atoms with E-state index in [0.717, 1.165) is 5.56 Å². The van der Waals surface area contributed by atoms with E-state index in [4.69, 9.17) is 0 Å². The number of hydrogen-bond donors (Lipinski definition) is 2. The first-order valence-corrected chi connectivity index (χ1v) is 9.03. The number of amides is 1. The van der Waals surface area contributed by atoms with Crippen LogP contribution in [0.2, 0.25) is 0 Å². The van der Waals surface area contributed by atoms with E-state index in [1.165, 1.54) is 6.07 Å². The molecule has 0 fully saturated rings. The van der Waals surface area contributed by atoms with E-state index in [9.17, 15) is 13.2 Å². The van der Waals surface area contributed by atoms with Crippen LogP contribution in [0.5, 0.6) is 0 Å². The highest BCUT2D eigenvalue weighted by molar-refractivity contribution is 7.92. The smallest absolute Gasteiger partial charge is 0.251 e. The molecule has 23 heavy (non-hydrogen) atoms. The normalized spacial score (nSPS) is 12.4. The highest BCUT2D eigenvalue weighted by atomic mass is 32.2. The molecule has 0 aliphatic carbocycles. The first kappa shape index (κ1) is 17.0. The van der Waals surface area contributed by atoms with E-state index < -0.39 is 10.0 Å². The lowest BCUT2D eigenvalue weighted by Gasteiger charge is -2.15. The summed E-state index contributed by atoms with van der Waals surface area (Å²) >= 11 is 0. The number of hydrogen-bond acceptors (Lipinski definition) is 3. The van der Waals surface area contributed by atoms with Crippen LogP contribution in [-0.4, -0.2) is 20.1 Å². The Labute approximate surface area is 136 Å². The highest BCUT2D eigenvalue weighted by Gasteiger charge is 2.13. The molecular formula is C17H20N2O3S. The first-order valence-electron chi connectivity index (χ1n) is 7.37. The molecule has 1 atom stereocenters. The third-order valence-electron chi connectivity index (χ3n) is 3.43. The molecule has 0 aromatic heterocycles. The molecule has 0 saturated carbocycles. The van der Waals surface area contributed by atoms with Crippen molar-refractivity contribution in [3.05, 3.63) is 65.7 Å². The summed E-state index contributed by atoms with van der Waals surface area (Å²) in [6.45, 7) is 3.46. The second-order valence-electron chi connectivity index (χ2n) is 5.19. The topological polar surface area (TPSA) is 75.3 Å². The van der Waals surface area contributed by atoms with Gasteiger partial charge in [0.15, 0.2) is 0 Å². The van der Waals surface area contributed by atoms with Crippen LogP contribution in [0.15, 0.2) is 54.6 Å². The van der Waals surface area contributed by atoms with Crippen molar-refractivity contribution in [2.24, 2.45) is 0 Å². The third kappa shape index (κ3) is 4.82. The number of carbonyl (C=O) groups is 1. The van der Waals surface area contributed by atoms with Gasteiger partial charge >= 0.3 is 0 Å². The van der Waals surface area contributed by atoms with Gasteiger partial charge in [0.2, 0.25) is 10.0 Å². The molecule has 2 aromatic rings. The van der Waals surface area contributed by atoms with Gasteiger partial charge in [-0.1, -0.05) is 36.4 Å². The second-order valence-corrected chi connectivity index (χ2v) is 7.20. The Balaban J connectivity index is 2.11. The van der Waals surface area contributed by atoms with Crippen molar-refractivity contribution in [1.29, 1.82) is 0 Å². The zero-order valence-electron chi connectivity index (χ0n) is 13.1. The summed E-state index contributed by atoms with van der Waals surface area (Å²) in [5, 5.41) is 2.90. The number of benzene rings is 2. The van der Waals surface area contributed by atoms with Gasteiger partial charge in [-0.15, -0.1) is 0 Å². The summed E-state index contributed by atoms with van der Waals surface area (Å²) in [4.78, 5) is 12.3. The molecule has 0 radical (unpaired) electrons. The van der Waals surface area contributed by atoms with E-state index in [2.05, 4.69) is 10.0 Å². The molecular weight excluding hydrogens is 312 g/mol. The fourth-order valence-corrected chi connectivity index (χ4v) is 2.71. The molecule has 5 nitrogen and oxygen atoms in total. The maximum atomic E-state index is 12.3. The van der Waals surface area contributed by atoms with Crippen molar-refractivity contribution in [3.8, 4) is 0 Å². The maximum absolute atomic E-state index is 12.3. The molecule has 6 heteroatoms. The Kier molecular flexibility index (Phi) is 5.39. The minimum absolute atomic E-state index is 0.0194. The van der Waals surface area contributed by atoms with E-state index in [-0.39, 0.29) is 17.7 Å². The van der Waals surface area contributed by atoms with Crippen LogP contribution in [0.4, 0.5) is 5.69 Å². The van der Waals surface area contributed by atoms with Crippen LogP contribution in [0.25, 0.3) is 0 Å². The average molecular weight is 332 g/mol. The van der Waals surface area contributed by atoms with Crippen molar-refractivity contribution >= 4 is 21.6 Å². The molecule has 0 bridgehead atoms. The summed E-state index contributed by atoms with van der Waals surface area (Å²) in [5.41, 5.74) is 1.79. The predicted octanol–water partition coefficient (Wildman–Crippen LogP) is 2.94. The Hall–Kier alpha value is -2.34. The Morgan fingerprint density at radius 1 is 1.09 bits per heavy atom. The molecule has 2 N–H and O–H groups in total. The summed E-state index contributed by atoms with van der Waals surface area (Å²) in [6.07, 6.45) is 0. The summed E-state index contributed by atoms with van der Waals surface area (Å²) in [6, 6.07) is 15.9. The molecule has 0 spiro atoms. The van der Waals surface area contributed by atoms with Crippen LogP contribution < -0.4 is 10.0 Å². The molecule has 122 valence electrons. The van der Waals surface area contributed by atoms with Gasteiger partial charge in [0.05, 0.1) is 11.8 Å². The van der Waals surface area contributed by atoms with Crippen LogP contribution in [0.3, 0.4) is 0 Å². The van der Waals surface area contributed by atoms with Crippen LogP contribution >= 0.6 is 0 Å². The zero-order valence-corrected chi connectivity index (χ0v) is 13.9. The summed E-state index contributed by atoms with van der Waals surface area (Å²) in [5.74, 6) is -0.270. The molecule has 0 saturated heterocycles. The fourth-order valence-electron chi connectivity index (χ4n) is 2.08. The van der Waals surface area contributed by atoms with Crippen molar-refractivity contribution in [1.82, 2.24) is 5.32 Å². The number of rotatable bonds is 6. The van der Waals surface area contributed by atoms with Crippen molar-refractivity contribution in [3.63, 3.8) is 0 Å². The van der Waals surface area contributed by atoms with Gasteiger partial charge in [0.1, 0.15) is 0 Å². The van der Waals surface area contributed by atoms with Crippen molar-refractivity contribution in [2.75, 3.05) is 10.5 Å². The summed E-state index contributed by atoms with van der Waals surface area (Å²) < 4.78 is 25.6. The number of sulfonamides is 1. The molecule has 0 aliphatic heterocycles. The standard InChI is InChI=1S/C17H20N2O3S/c1-3-23(21,22)19-16-11-7-10-15(12-16)17(20)18-13(2)14-8-5-4-6-9-14/h4-13,19H,3H2,1-2H3,(H,18,20). The van der Waals surface area contributed by atoms with Gasteiger partial charge in [0.25, 0.3) is 5.91 Å². The monoisotopic (exact) mass is 332 g/mol. The van der Waals surface area contributed by atoms with Gasteiger partial charge in [-0.05, 0) is 37.6 Å². The lowest BCUT2D eigenvalue weighted by Crippen LogP contribution is -2.26. The van der Waals surface area contributed by atoms with E-state index in [0.29, 0.717) is 11.3 Å². The van der Waals surface area contributed by atoms with E-state index in [1.54, 1.807) is 25.1 Å². The van der Waals surface area contributed by atoms with Gasteiger partial charge in [0, 0.05) is 11.3 Å².